The fraction of sp³-hybridized carbons (Fsp3) is 0.273. The van der Waals surface area contributed by atoms with Crippen molar-refractivity contribution >= 4 is 21.6 Å². The first-order valence-electron chi connectivity index (χ1n) is 9.70. The van der Waals surface area contributed by atoms with Crippen molar-refractivity contribution in [3.8, 4) is 5.69 Å². The second kappa shape index (κ2) is 8.07. The standard InChI is InChI=1S/C22H26N4O4S/c1-15-19(21(28)26(25(15)5)17-9-7-6-8-10-17)24-31(29,30)18-13-11-16(12-14-18)20(27)23-22(2,3)4/h6-14,24H,1-5H3,(H,23,27). The van der Waals surface area contributed by atoms with Crippen molar-refractivity contribution in [2.45, 2.75) is 38.1 Å². The summed E-state index contributed by atoms with van der Waals surface area (Å²) in [5.41, 5.74) is 0.525. The van der Waals surface area contributed by atoms with Crippen molar-refractivity contribution in [2.24, 2.45) is 7.05 Å². The molecule has 1 aromatic heterocycles. The quantitative estimate of drug-likeness (QED) is 0.634. The van der Waals surface area contributed by atoms with Crippen LogP contribution in [0.25, 0.3) is 5.69 Å². The van der Waals surface area contributed by atoms with E-state index < -0.39 is 21.1 Å². The van der Waals surface area contributed by atoms with Gasteiger partial charge in [-0.15, -0.1) is 0 Å². The Hall–Kier alpha value is -3.33. The molecule has 31 heavy (non-hydrogen) atoms. The lowest BCUT2D eigenvalue weighted by Crippen LogP contribution is -2.40. The molecule has 3 rings (SSSR count). The van der Waals surface area contributed by atoms with E-state index in [1.54, 1.807) is 42.9 Å². The number of aromatic nitrogens is 2. The lowest BCUT2D eigenvalue weighted by molar-refractivity contribution is 0.0919. The SMILES string of the molecule is Cc1c(NS(=O)(=O)c2ccc(C(=O)NC(C)(C)C)cc2)c(=O)n(-c2ccccc2)n1C. The van der Waals surface area contributed by atoms with E-state index in [4.69, 9.17) is 0 Å². The van der Waals surface area contributed by atoms with Crippen LogP contribution in [0.2, 0.25) is 0 Å². The highest BCUT2D eigenvalue weighted by Crippen LogP contribution is 2.19. The molecule has 3 aromatic rings. The molecule has 8 nitrogen and oxygen atoms in total. The molecular formula is C22H26N4O4S. The van der Waals surface area contributed by atoms with Gasteiger partial charge in [0.2, 0.25) is 0 Å². The van der Waals surface area contributed by atoms with Crippen molar-refractivity contribution in [1.82, 2.24) is 14.7 Å². The van der Waals surface area contributed by atoms with Crippen LogP contribution in [0.5, 0.6) is 0 Å². The smallest absolute Gasteiger partial charge is 0.296 e. The number of carbonyl (C=O) groups is 1. The highest BCUT2D eigenvalue weighted by Gasteiger charge is 2.23. The molecule has 0 atom stereocenters. The largest absolute Gasteiger partial charge is 0.347 e. The van der Waals surface area contributed by atoms with Crippen LogP contribution >= 0.6 is 0 Å². The predicted octanol–water partition coefficient (Wildman–Crippen LogP) is 2.81. The Labute approximate surface area is 181 Å². The van der Waals surface area contributed by atoms with E-state index in [0.29, 0.717) is 16.9 Å². The van der Waals surface area contributed by atoms with Gasteiger partial charge >= 0.3 is 0 Å². The summed E-state index contributed by atoms with van der Waals surface area (Å²) in [4.78, 5) is 25.2. The Balaban J connectivity index is 1.91. The first-order chi connectivity index (χ1) is 14.4. The third-order valence-corrected chi connectivity index (χ3v) is 6.07. The molecule has 0 radical (unpaired) electrons. The molecule has 1 amide bonds. The van der Waals surface area contributed by atoms with E-state index in [2.05, 4.69) is 10.0 Å². The molecule has 0 unspecified atom stereocenters. The van der Waals surface area contributed by atoms with Gasteiger partial charge in [0.1, 0.15) is 5.69 Å². The molecule has 0 aliphatic rings. The molecule has 0 fully saturated rings. The number of amides is 1. The van der Waals surface area contributed by atoms with Crippen molar-refractivity contribution in [2.75, 3.05) is 4.72 Å². The molecule has 0 spiro atoms. The second-order valence-electron chi connectivity index (χ2n) is 8.27. The van der Waals surface area contributed by atoms with Gasteiger partial charge in [-0.3, -0.25) is 19.0 Å². The van der Waals surface area contributed by atoms with Crippen LogP contribution in [0.1, 0.15) is 36.8 Å². The maximum absolute atomic E-state index is 13.0. The zero-order valence-electron chi connectivity index (χ0n) is 18.1. The zero-order chi connectivity index (χ0) is 23.0. The van der Waals surface area contributed by atoms with Crippen LogP contribution in [-0.2, 0) is 17.1 Å². The lowest BCUT2D eigenvalue weighted by atomic mass is 10.1. The van der Waals surface area contributed by atoms with Gasteiger partial charge in [-0.1, -0.05) is 18.2 Å². The van der Waals surface area contributed by atoms with Crippen LogP contribution in [0.3, 0.4) is 0 Å². The van der Waals surface area contributed by atoms with E-state index in [9.17, 15) is 18.0 Å². The van der Waals surface area contributed by atoms with E-state index in [1.165, 1.54) is 28.9 Å². The molecule has 0 saturated carbocycles. The maximum atomic E-state index is 13.0. The van der Waals surface area contributed by atoms with Crippen LogP contribution in [-0.4, -0.2) is 29.2 Å². The number of nitrogens with zero attached hydrogens (tertiary/aromatic N) is 2. The van der Waals surface area contributed by atoms with Crippen LogP contribution in [0, 0.1) is 6.92 Å². The van der Waals surface area contributed by atoms with Crippen molar-refractivity contribution in [3.05, 3.63) is 76.2 Å². The van der Waals surface area contributed by atoms with E-state index in [-0.39, 0.29) is 16.5 Å². The van der Waals surface area contributed by atoms with Gasteiger partial charge in [0.05, 0.1) is 16.3 Å². The van der Waals surface area contributed by atoms with E-state index in [1.807, 2.05) is 26.8 Å². The molecule has 1 heterocycles. The van der Waals surface area contributed by atoms with E-state index >= 15 is 0 Å². The first-order valence-corrected chi connectivity index (χ1v) is 11.2. The molecule has 0 saturated heterocycles. The lowest BCUT2D eigenvalue weighted by Gasteiger charge is -2.20. The third-order valence-electron chi connectivity index (χ3n) is 4.71. The Kier molecular flexibility index (Phi) is 5.82. The number of nitrogens with one attached hydrogen (secondary N) is 2. The molecule has 9 heteroatoms. The van der Waals surface area contributed by atoms with Gasteiger partial charge < -0.3 is 5.32 Å². The predicted molar refractivity (Wildman–Crippen MR) is 120 cm³/mol. The Morgan fingerprint density at radius 2 is 1.55 bits per heavy atom. The third kappa shape index (κ3) is 4.72. The summed E-state index contributed by atoms with van der Waals surface area (Å²) in [6.45, 7) is 7.24. The maximum Gasteiger partial charge on any atom is 0.296 e. The van der Waals surface area contributed by atoms with Crippen molar-refractivity contribution in [3.63, 3.8) is 0 Å². The molecule has 2 aromatic carbocycles. The second-order valence-corrected chi connectivity index (χ2v) is 9.95. The summed E-state index contributed by atoms with van der Waals surface area (Å²) in [6.07, 6.45) is 0. The van der Waals surface area contributed by atoms with Gasteiger partial charge in [0.25, 0.3) is 21.5 Å². The Morgan fingerprint density at radius 1 is 0.968 bits per heavy atom. The van der Waals surface area contributed by atoms with Gasteiger partial charge in [0.15, 0.2) is 0 Å². The Bertz CT molecular complexity index is 1270. The Morgan fingerprint density at radius 3 is 2.10 bits per heavy atom. The topological polar surface area (TPSA) is 102 Å². The average molecular weight is 443 g/mol. The van der Waals surface area contributed by atoms with Crippen LogP contribution < -0.4 is 15.6 Å². The fourth-order valence-corrected chi connectivity index (χ4v) is 4.19. The van der Waals surface area contributed by atoms with Gasteiger partial charge in [-0.05, 0) is 64.1 Å². The highest BCUT2D eigenvalue weighted by atomic mass is 32.2. The zero-order valence-corrected chi connectivity index (χ0v) is 18.9. The molecule has 0 aliphatic carbocycles. The van der Waals surface area contributed by atoms with Gasteiger partial charge in [0, 0.05) is 18.2 Å². The van der Waals surface area contributed by atoms with Crippen LogP contribution in [0.4, 0.5) is 5.69 Å². The number of para-hydroxylation sites is 1. The molecule has 0 aliphatic heterocycles. The molecule has 0 bridgehead atoms. The van der Waals surface area contributed by atoms with Gasteiger partial charge in [-0.2, -0.15) is 0 Å². The van der Waals surface area contributed by atoms with Crippen LogP contribution in [0.15, 0.2) is 64.3 Å². The minimum atomic E-state index is -4.03. The fourth-order valence-electron chi connectivity index (χ4n) is 3.08. The van der Waals surface area contributed by atoms with Crippen molar-refractivity contribution < 1.29 is 13.2 Å². The minimum absolute atomic E-state index is 0.0269. The minimum Gasteiger partial charge on any atom is -0.347 e. The number of hydrogen-bond acceptors (Lipinski definition) is 4. The average Bonchev–Trinajstić information content (AvgIpc) is 2.90. The number of hydrogen-bond donors (Lipinski definition) is 2. The molecule has 164 valence electrons. The summed E-state index contributed by atoms with van der Waals surface area (Å²) in [5.74, 6) is -0.297. The number of sulfonamides is 1. The monoisotopic (exact) mass is 442 g/mol. The van der Waals surface area contributed by atoms with Crippen molar-refractivity contribution in [1.29, 1.82) is 0 Å². The summed E-state index contributed by atoms with van der Waals surface area (Å²) in [7, 11) is -2.35. The van der Waals surface area contributed by atoms with Gasteiger partial charge in [-0.25, -0.2) is 13.1 Å². The summed E-state index contributed by atoms with van der Waals surface area (Å²) >= 11 is 0. The number of anilines is 1. The summed E-state index contributed by atoms with van der Waals surface area (Å²) < 4.78 is 31.2. The van der Waals surface area contributed by atoms with E-state index in [0.717, 1.165) is 0 Å². The molecule has 2 N–H and O–H groups in total. The first kappa shape index (κ1) is 22.4. The highest BCUT2D eigenvalue weighted by molar-refractivity contribution is 7.92. The number of rotatable bonds is 5. The summed E-state index contributed by atoms with van der Waals surface area (Å²) in [5, 5.41) is 2.82. The number of carbonyl (C=O) groups excluding carboxylic acids is 1. The number of benzene rings is 2. The summed E-state index contributed by atoms with van der Waals surface area (Å²) in [6, 6.07) is 14.5. The molecular weight excluding hydrogens is 416 g/mol. The normalized spacial score (nSPS) is 11.9.